The lowest BCUT2D eigenvalue weighted by molar-refractivity contribution is -0.0429. The molecule has 0 spiro atoms. The molecule has 10 heteroatoms. The number of nitrogens with one attached hydrogen (secondary N) is 2. The summed E-state index contributed by atoms with van der Waals surface area (Å²) in [5.74, 6) is -0.309. The van der Waals surface area contributed by atoms with Gasteiger partial charge in [0.1, 0.15) is 5.76 Å². The molecular formula is C14H13F3N2O4S. The van der Waals surface area contributed by atoms with E-state index in [-0.39, 0.29) is 5.56 Å². The number of rotatable bonds is 5. The van der Waals surface area contributed by atoms with Crippen molar-refractivity contribution in [3.05, 3.63) is 54.0 Å². The van der Waals surface area contributed by atoms with Gasteiger partial charge in [-0.05, 0) is 31.2 Å². The van der Waals surface area contributed by atoms with Crippen molar-refractivity contribution >= 4 is 21.6 Å². The van der Waals surface area contributed by atoms with Crippen molar-refractivity contribution in [2.75, 3.05) is 4.72 Å². The van der Waals surface area contributed by atoms with Gasteiger partial charge < -0.3 is 9.73 Å². The highest BCUT2D eigenvalue weighted by Crippen LogP contribution is 2.27. The largest absolute Gasteiger partial charge is 0.516 e. The number of carbonyl (C=O) groups excluding carboxylic acids is 1. The third kappa shape index (κ3) is 3.88. The summed E-state index contributed by atoms with van der Waals surface area (Å²) in [7, 11) is -5.63. The highest BCUT2D eigenvalue weighted by atomic mass is 32.2. The second-order valence-electron chi connectivity index (χ2n) is 4.81. The zero-order valence-electron chi connectivity index (χ0n) is 12.3. The molecule has 0 aliphatic carbocycles. The van der Waals surface area contributed by atoms with E-state index in [0.717, 1.165) is 6.07 Å². The van der Waals surface area contributed by atoms with Crippen LogP contribution in [0.3, 0.4) is 0 Å². The number of halogens is 3. The molecule has 24 heavy (non-hydrogen) atoms. The summed E-state index contributed by atoms with van der Waals surface area (Å²) in [6, 6.07) is 7.65. The molecular weight excluding hydrogens is 349 g/mol. The number of hydrogen-bond donors (Lipinski definition) is 2. The molecule has 2 N–H and O–H groups in total. The predicted molar refractivity (Wildman–Crippen MR) is 79.6 cm³/mol. The number of furan rings is 1. The first-order valence-electron chi connectivity index (χ1n) is 6.64. The first kappa shape index (κ1) is 17.9. The Balaban J connectivity index is 2.24. The molecule has 0 saturated carbocycles. The molecule has 1 heterocycles. The highest BCUT2D eigenvalue weighted by molar-refractivity contribution is 7.93. The van der Waals surface area contributed by atoms with Crippen LogP contribution in [0.2, 0.25) is 0 Å². The molecule has 1 atom stereocenters. The van der Waals surface area contributed by atoms with E-state index >= 15 is 0 Å². The van der Waals surface area contributed by atoms with Crippen LogP contribution in [0.25, 0.3) is 0 Å². The van der Waals surface area contributed by atoms with Gasteiger partial charge in [-0.2, -0.15) is 21.6 Å². The maximum Gasteiger partial charge on any atom is 0.516 e. The van der Waals surface area contributed by atoms with E-state index in [9.17, 15) is 26.4 Å². The first-order chi connectivity index (χ1) is 11.1. The molecule has 0 saturated heterocycles. The number of carbonyl (C=O) groups is 1. The molecule has 1 amide bonds. The standard InChI is InChI=1S/C14H13F3N2O4S/c1-9(12-7-4-8-23-12)18-13(20)10-5-2-3-6-11(10)19-24(21,22)14(15,16)17/h2-9,19H,1H3,(H,18,20). The van der Waals surface area contributed by atoms with Gasteiger partial charge in [0.2, 0.25) is 0 Å². The Morgan fingerprint density at radius 2 is 1.83 bits per heavy atom. The summed E-state index contributed by atoms with van der Waals surface area (Å²) in [6.07, 6.45) is 1.41. The highest BCUT2D eigenvalue weighted by Gasteiger charge is 2.46. The summed E-state index contributed by atoms with van der Waals surface area (Å²) in [4.78, 5) is 12.2. The number of amides is 1. The molecule has 0 radical (unpaired) electrons. The minimum absolute atomic E-state index is 0.247. The number of benzene rings is 1. The molecule has 0 bridgehead atoms. The lowest BCUT2D eigenvalue weighted by Gasteiger charge is -2.16. The molecule has 1 aromatic heterocycles. The van der Waals surface area contributed by atoms with Crippen LogP contribution in [0.1, 0.15) is 29.1 Å². The molecule has 2 rings (SSSR count). The van der Waals surface area contributed by atoms with Gasteiger partial charge in [0, 0.05) is 0 Å². The Morgan fingerprint density at radius 3 is 2.42 bits per heavy atom. The Hall–Kier alpha value is -2.49. The van der Waals surface area contributed by atoms with E-state index in [0.29, 0.717) is 5.76 Å². The van der Waals surface area contributed by atoms with Crippen LogP contribution in [-0.4, -0.2) is 19.8 Å². The van der Waals surface area contributed by atoms with Crippen LogP contribution in [0, 0.1) is 0 Å². The van der Waals surface area contributed by atoms with E-state index in [1.54, 1.807) is 19.1 Å². The van der Waals surface area contributed by atoms with Gasteiger partial charge in [-0.1, -0.05) is 12.1 Å². The molecule has 2 aromatic rings. The van der Waals surface area contributed by atoms with Crippen molar-refractivity contribution in [1.29, 1.82) is 0 Å². The third-order valence-electron chi connectivity index (χ3n) is 3.04. The number of para-hydroxylation sites is 1. The second kappa shape index (κ2) is 6.56. The Labute approximate surface area is 135 Å². The lowest BCUT2D eigenvalue weighted by Crippen LogP contribution is -2.32. The summed E-state index contributed by atoms with van der Waals surface area (Å²) in [5, 5.41) is 2.51. The van der Waals surface area contributed by atoms with Crippen molar-refractivity contribution < 1.29 is 30.8 Å². The maximum atomic E-state index is 12.5. The Kier molecular flexibility index (Phi) is 4.88. The molecule has 1 unspecified atom stereocenters. The van der Waals surface area contributed by atoms with Crippen LogP contribution in [-0.2, 0) is 10.0 Å². The van der Waals surface area contributed by atoms with Crippen LogP contribution in [0.5, 0.6) is 0 Å². The van der Waals surface area contributed by atoms with Crippen molar-refractivity contribution in [2.24, 2.45) is 0 Å². The van der Waals surface area contributed by atoms with E-state index in [1.165, 1.54) is 29.2 Å². The number of sulfonamides is 1. The topological polar surface area (TPSA) is 88.4 Å². The smallest absolute Gasteiger partial charge is 0.467 e. The minimum atomic E-state index is -5.63. The van der Waals surface area contributed by atoms with E-state index < -0.39 is 33.2 Å². The summed E-state index contributed by atoms with van der Waals surface area (Å²) in [5.41, 5.74) is -6.21. The minimum Gasteiger partial charge on any atom is -0.467 e. The van der Waals surface area contributed by atoms with Crippen LogP contribution in [0.15, 0.2) is 47.1 Å². The fraction of sp³-hybridized carbons (Fsp3) is 0.214. The molecule has 130 valence electrons. The van der Waals surface area contributed by atoms with Gasteiger partial charge in [-0.3, -0.25) is 9.52 Å². The van der Waals surface area contributed by atoms with Crippen molar-refractivity contribution in [2.45, 2.75) is 18.5 Å². The van der Waals surface area contributed by atoms with Crippen LogP contribution >= 0.6 is 0 Å². The lowest BCUT2D eigenvalue weighted by atomic mass is 10.1. The predicted octanol–water partition coefficient (Wildman–Crippen LogP) is 3.03. The average molecular weight is 362 g/mol. The number of anilines is 1. The molecule has 6 nitrogen and oxygen atoms in total. The number of hydrogen-bond acceptors (Lipinski definition) is 4. The van der Waals surface area contributed by atoms with Gasteiger partial charge in [-0.15, -0.1) is 0 Å². The third-order valence-corrected chi connectivity index (χ3v) is 4.14. The van der Waals surface area contributed by atoms with Crippen molar-refractivity contribution in [3.63, 3.8) is 0 Å². The van der Waals surface area contributed by atoms with Crippen molar-refractivity contribution in [1.82, 2.24) is 5.32 Å². The zero-order valence-corrected chi connectivity index (χ0v) is 13.1. The average Bonchev–Trinajstić information content (AvgIpc) is 3.00. The Morgan fingerprint density at radius 1 is 1.17 bits per heavy atom. The van der Waals surface area contributed by atoms with E-state index in [4.69, 9.17) is 4.42 Å². The van der Waals surface area contributed by atoms with E-state index in [2.05, 4.69) is 5.32 Å². The SMILES string of the molecule is CC(NC(=O)c1ccccc1NS(=O)(=O)C(F)(F)F)c1ccco1. The Bertz CT molecular complexity index is 817. The van der Waals surface area contributed by atoms with Crippen LogP contribution in [0.4, 0.5) is 18.9 Å². The van der Waals surface area contributed by atoms with Gasteiger partial charge in [0.25, 0.3) is 5.91 Å². The summed E-state index contributed by atoms with van der Waals surface area (Å²) in [6.45, 7) is 1.61. The second-order valence-corrected chi connectivity index (χ2v) is 6.48. The fourth-order valence-electron chi connectivity index (χ4n) is 1.86. The molecule has 0 aliphatic rings. The monoisotopic (exact) mass is 362 g/mol. The number of alkyl halides is 3. The van der Waals surface area contributed by atoms with Gasteiger partial charge >= 0.3 is 15.5 Å². The van der Waals surface area contributed by atoms with Crippen LogP contribution < -0.4 is 10.0 Å². The summed E-state index contributed by atoms with van der Waals surface area (Å²) < 4.78 is 66.4. The van der Waals surface area contributed by atoms with E-state index in [1.807, 2.05) is 0 Å². The van der Waals surface area contributed by atoms with Gasteiger partial charge in [0.05, 0.1) is 23.6 Å². The summed E-state index contributed by atoms with van der Waals surface area (Å²) >= 11 is 0. The maximum absolute atomic E-state index is 12.5. The normalized spacial score (nSPS) is 13.3. The molecule has 0 fully saturated rings. The zero-order chi connectivity index (χ0) is 18.0. The van der Waals surface area contributed by atoms with Crippen molar-refractivity contribution in [3.8, 4) is 0 Å². The quantitative estimate of drug-likeness (QED) is 0.856. The van der Waals surface area contributed by atoms with Gasteiger partial charge in [-0.25, -0.2) is 0 Å². The fourth-order valence-corrected chi connectivity index (χ4v) is 2.44. The first-order valence-corrected chi connectivity index (χ1v) is 8.12. The molecule has 0 aliphatic heterocycles. The molecule has 1 aromatic carbocycles. The van der Waals surface area contributed by atoms with Gasteiger partial charge in [0.15, 0.2) is 0 Å².